The van der Waals surface area contributed by atoms with Crippen LogP contribution in [-0.4, -0.2) is 49.0 Å². The normalized spacial score (nSPS) is 21.0. The van der Waals surface area contributed by atoms with Gasteiger partial charge >= 0.3 is 0 Å². The maximum Gasteiger partial charge on any atom is 0.250 e. The van der Waals surface area contributed by atoms with Crippen LogP contribution in [0.25, 0.3) is 0 Å². The fourth-order valence-corrected chi connectivity index (χ4v) is 4.35. The minimum Gasteiger partial charge on any atom is -0.371 e. The lowest BCUT2D eigenvalue weighted by Crippen LogP contribution is -2.39. The number of benzene rings is 1. The van der Waals surface area contributed by atoms with Crippen LogP contribution in [0.4, 0.5) is 11.4 Å². The first-order valence-corrected chi connectivity index (χ1v) is 10.1. The van der Waals surface area contributed by atoms with Crippen LogP contribution in [0, 0.1) is 0 Å². The molecule has 2 heterocycles. The molecule has 2 amide bonds. The Bertz CT molecular complexity index is 626. The summed E-state index contributed by atoms with van der Waals surface area (Å²) < 4.78 is 0. The molecule has 1 unspecified atom stereocenters. The van der Waals surface area contributed by atoms with Crippen LogP contribution in [0.3, 0.4) is 0 Å². The number of carbonyl (C=O) groups is 2. The van der Waals surface area contributed by atoms with Gasteiger partial charge in [-0.3, -0.25) is 9.59 Å². The molecule has 0 aromatic heterocycles. The summed E-state index contributed by atoms with van der Waals surface area (Å²) in [5, 5.41) is 6.34. The van der Waals surface area contributed by atoms with Gasteiger partial charge in [0.15, 0.2) is 0 Å². The molecule has 2 saturated heterocycles. The Morgan fingerprint density at radius 1 is 1.28 bits per heavy atom. The second-order valence-corrected chi connectivity index (χ2v) is 7.77. The molecule has 1 aromatic rings. The number of thioether (sulfide) groups is 1. The molecule has 1 aromatic carbocycles. The molecule has 6 nitrogen and oxygen atoms in total. The van der Waals surface area contributed by atoms with Crippen molar-refractivity contribution in [1.82, 2.24) is 5.32 Å². The van der Waals surface area contributed by atoms with Crippen LogP contribution in [0.15, 0.2) is 18.2 Å². The molecule has 0 saturated carbocycles. The summed E-state index contributed by atoms with van der Waals surface area (Å²) in [7, 11) is 0. The zero-order valence-electron chi connectivity index (χ0n) is 14.4. The van der Waals surface area contributed by atoms with Gasteiger partial charge in [0, 0.05) is 49.3 Å². The summed E-state index contributed by atoms with van der Waals surface area (Å²) in [5.74, 6) is 1.64. The zero-order valence-corrected chi connectivity index (χ0v) is 15.2. The fraction of sp³-hybridized carbons (Fsp3) is 0.556. The topological polar surface area (TPSA) is 87.5 Å². The number of rotatable bonds is 5. The van der Waals surface area contributed by atoms with E-state index in [2.05, 4.69) is 15.5 Å². The maximum atomic E-state index is 12.3. The van der Waals surface area contributed by atoms with Gasteiger partial charge in [0.25, 0.3) is 5.91 Å². The van der Waals surface area contributed by atoms with Gasteiger partial charge in [-0.25, -0.2) is 0 Å². The lowest BCUT2D eigenvalue weighted by molar-refractivity contribution is -0.116. The lowest BCUT2D eigenvalue weighted by atomic mass is 10.1. The predicted molar refractivity (Wildman–Crippen MR) is 103 cm³/mol. The minimum absolute atomic E-state index is 0.00332. The van der Waals surface area contributed by atoms with Crippen molar-refractivity contribution in [1.29, 1.82) is 0 Å². The van der Waals surface area contributed by atoms with Crippen molar-refractivity contribution in [2.45, 2.75) is 31.7 Å². The zero-order chi connectivity index (χ0) is 17.6. The molecule has 2 aliphatic heterocycles. The van der Waals surface area contributed by atoms with E-state index in [9.17, 15) is 9.59 Å². The van der Waals surface area contributed by atoms with Gasteiger partial charge in [0.2, 0.25) is 5.91 Å². The molecule has 2 aliphatic rings. The lowest BCUT2D eigenvalue weighted by Gasteiger charge is -2.30. The van der Waals surface area contributed by atoms with Crippen molar-refractivity contribution >= 4 is 35.0 Å². The van der Waals surface area contributed by atoms with Crippen molar-refractivity contribution < 1.29 is 9.59 Å². The first kappa shape index (κ1) is 18.1. The summed E-state index contributed by atoms with van der Waals surface area (Å²) in [4.78, 5) is 26.3. The maximum absolute atomic E-state index is 12.3. The molecular formula is C18H26N4O2S. The number of nitrogens with two attached hydrogens (primary N) is 1. The summed E-state index contributed by atoms with van der Waals surface area (Å²) >= 11 is 1.88. The van der Waals surface area contributed by atoms with E-state index in [1.807, 2.05) is 17.8 Å². The van der Waals surface area contributed by atoms with Crippen LogP contribution in [0.5, 0.6) is 0 Å². The fourth-order valence-electron chi connectivity index (χ4n) is 3.40. The average molecular weight is 362 g/mol. The number of amides is 2. The van der Waals surface area contributed by atoms with E-state index >= 15 is 0 Å². The number of nitrogens with one attached hydrogen (secondary N) is 2. The van der Waals surface area contributed by atoms with Gasteiger partial charge in [0.05, 0.1) is 11.3 Å². The summed E-state index contributed by atoms with van der Waals surface area (Å²) in [6.07, 6.45) is 3.90. The Morgan fingerprint density at radius 3 is 2.76 bits per heavy atom. The number of hydrogen-bond acceptors (Lipinski definition) is 5. The van der Waals surface area contributed by atoms with E-state index in [1.165, 1.54) is 6.42 Å². The second-order valence-electron chi connectivity index (χ2n) is 6.62. The molecule has 0 bridgehead atoms. The Morgan fingerprint density at radius 2 is 2.08 bits per heavy atom. The first-order valence-electron chi connectivity index (χ1n) is 8.93. The Hall–Kier alpha value is -1.73. The van der Waals surface area contributed by atoms with Gasteiger partial charge < -0.3 is 21.3 Å². The van der Waals surface area contributed by atoms with E-state index in [1.54, 1.807) is 12.1 Å². The van der Waals surface area contributed by atoms with Crippen LogP contribution in [0.2, 0.25) is 0 Å². The number of piperidine rings is 1. The Balaban J connectivity index is 1.70. The SMILES string of the molecule is NC(=O)c1ccc(NC(=O)CC2CSCCN2)cc1N1CCCCC1. The first-order chi connectivity index (χ1) is 12.1. The molecule has 0 spiro atoms. The highest BCUT2D eigenvalue weighted by Gasteiger charge is 2.20. The van der Waals surface area contributed by atoms with Crippen LogP contribution < -0.4 is 21.3 Å². The molecule has 2 fully saturated rings. The molecule has 7 heteroatoms. The van der Waals surface area contributed by atoms with Crippen LogP contribution in [0.1, 0.15) is 36.0 Å². The standard InChI is InChI=1S/C18H26N4O2S/c19-18(24)15-5-4-13(10-16(15)22-7-2-1-3-8-22)21-17(23)11-14-12-25-9-6-20-14/h4-5,10,14,20H,1-3,6-9,11-12H2,(H2,19,24)(H,21,23). The number of hydrogen-bond donors (Lipinski definition) is 3. The molecule has 0 aliphatic carbocycles. The van der Waals surface area contributed by atoms with E-state index in [0.29, 0.717) is 12.0 Å². The van der Waals surface area contributed by atoms with Gasteiger partial charge in [-0.15, -0.1) is 0 Å². The smallest absolute Gasteiger partial charge is 0.250 e. The van der Waals surface area contributed by atoms with Crippen molar-refractivity contribution in [3.63, 3.8) is 0 Å². The van der Waals surface area contributed by atoms with Gasteiger partial charge in [-0.1, -0.05) is 0 Å². The highest BCUT2D eigenvalue weighted by atomic mass is 32.2. The summed E-state index contributed by atoms with van der Waals surface area (Å²) in [5.41, 5.74) is 7.60. The molecule has 3 rings (SSSR count). The highest BCUT2D eigenvalue weighted by Crippen LogP contribution is 2.27. The number of nitrogens with zero attached hydrogens (tertiary/aromatic N) is 1. The molecule has 136 valence electrons. The molecule has 25 heavy (non-hydrogen) atoms. The Labute approximate surface area is 152 Å². The highest BCUT2D eigenvalue weighted by molar-refractivity contribution is 7.99. The van der Waals surface area contributed by atoms with Crippen LogP contribution in [-0.2, 0) is 4.79 Å². The van der Waals surface area contributed by atoms with Gasteiger partial charge in [-0.2, -0.15) is 11.8 Å². The molecule has 1 atom stereocenters. The molecule has 0 radical (unpaired) electrons. The van der Waals surface area contributed by atoms with Crippen molar-refractivity contribution in [2.24, 2.45) is 5.73 Å². The second kappa shape index (κ2) is 8.58. The van der Waals surface area contributed by atoms with Crippen molar-refractivity contribution in [3.8, 4) is 0 Å². The Kier molecular flexibility index (Phi) is 6.20. The van der Waals surface area contributed by atoms with Crippen molar-refractivity contribution in [3.05, 3.63) is 23.8 Å². The average Bonchev–Trinajstić information content (AvgIpc) is 2.63. The summed E-state index contributed by atoms with van der Waals surface area (Å²) in [6, 6.07) is 5.59. The molecule has 4 N–H and O–H groups in total. The van der Waals surface area contributed by atoms with E-state index in [4.69, 9.17) is 5.73 Å². The third-order valence-electron chi connectivity index (χ3n) is 4.67. The van der Waals surface area contributed by atoms with E-state index < -0.39 is 5.91 Å². The number of carbonyl (C=O) groups excluding carboxylic acids is 2. The van der Waals surface area contributed by atoms with Crippen molar-refractivity contribution in [2.75, 3.05) is 41.4 Å². The number of primary amides is 1. The minimum atomic E-state index is -0.429. The van der Waals surface area contributed by atoms with E-state index in [0.717, 1.165) is 55.4 Å². The largest absolute Gasteiger partial charge is 0.371 e. The third kappa shape index (κ3) is 4.89. The van der Waals surface area contributed by atoms with E-state index in [-0.39, 0.29) is 11.9 Å². The monoisotopic (exact) mass is 362 g/mol. The summed E-state index contributed by atoms with van der Waals surface area (Å²) in [6.45, 7) is 2.79. The van der Waals surface area contributed by atoms with Gasteiger partial charge in [0.1, 0.15) is 0 Å². The van der Waals surface area contributed by atoms with Crippen LogP contribution >= 0.6 is 11.8 Å². The van der Waals surface area contributed by atoms with Gasteiger partial charge in [-0.05, 0) is 37.5 Å². The quantitative estimate of drug-likeness (QED) is 0.744. The number of anilines is 2. The third-order valence-corrected chi connectivity index (χ3v) is 5.80. The molecular weight excluding hydrogens is 336 g/mol. The predicted octanol–water partition coefficient (Wildman–Crippen LogP) is 1.81.